The second-order valence-corrected chi connectivity index (χ2v) is 33.4. The van der Waals surface area contributed by atoms with Gasteiger partial charge in [0.05, 0.1) is 26.4 Å². The number of phosphoric acid groups is 2. The molecule has 19 heteroatoms. The van der Waals surface area contributed by atoms with E-state index in [-0.39, 0.29) is 25.7 Å². The number of carbonyl (C=O) groups excluding carboxylic acids is 4. The molecule has 6 atom stereocenters. The first kappa shape index (κ1) is 97.1. The fourth-order valence-corrected chi connectivity index (χ4v) is 13.8. The van der Waals surface area contributed by atoms with E-state index in [1.165, 1.54) is 205 Å². The molecule has 0 aromatic heterocycles. The molecule has 0 spiro atoms. The molecule has 0 rings (SSSR count). The molecule has 0 saturated heterocycles. The SMILES string of the molecule is CCC(C)CCCCCCCCC(=O)OC[C@H](COP(=O)(O)OC[C@H](O)COP(=O)(O)OC[C@@H](COC(=O)CCCCCCCCCCC(C)C)OC(=O)CCCCCCCCCCCCCCCCC(C)C)OC(=O)CCCCCCCCCCCCCCCCCCCCC(C)C. The van der Waals surface area contributed by atoms with Crippen LogP contribution >= 0.6 is 15.6 Å². The van der Waals surface area contributed by atoms with Gasteiger partial charge in [-0.25, -0.2) is 9.13 Å². The van der Waals surface area contributed by atoms with Crippen molar-refractivity contribution in [1.82, 2.24) is 0 Å². The molecule has 17 nitrogen and oxygen atoms in total. The van der Waals surface area contributed by atoms with Crippen LogP contribution in [0.25, 0.3) is 0 Å². The van der Waals surface area contributed by atoms with E-state index in [1.807, 2.05) is 0 Å². The molecular weight excluding hydrogens is 1290 g/mol. The minimum absolute atomic E-state index is 0.106. The Morgan fingerprint density at radius 1 is 0.283 bits per heavy atom. The van der Waals surface area contributed by atoms with Crippen molar-refractivity contribution >= 4 is 39.5 Å². The maximum atomic E-state index is 13.1. The van der Waals surface area contributed by atoms with Crippen molar-refractivity contribution in [3.05, 3.63) is 0 Å². The average Bonchev–Trinajstić information content (AvgIpc) is 1.18. The Kier molecular flexibility index (Phi) is 67.8. The predicted octanol–water partition coefficient (Wildman–Crippen LogP) is 23.6. The van der Waals surface area contributed by atoms with E-state index in [9.17, 15) is 43.2 Å². The van der Waals surface area contributed by atoms with Crippen molar-refractivity contribution in [2.75, 3.05) is 39.6 Å². The van der Waals surface area contributed by atoms with Gasteiger partial charge in [-0.2, -0.15) is 0 Å². The van der Waals surface area contributed by atoms with Gasteiger partial charge in [-0.05, 0) is 49.4 Å². The number of phosphoric ester groups is 2. The highest BCUT2D eigenvalue weighted by atomic mass is 31.2. The molecule has 0 aromatic carbocycles. The maximum Gasteiger partial charge on any atom is 0.472 e. The molecule has 0 fully saturated rings. The fraction of sp³-hybridized carbons (Fsp3) is 0.950. The van der Waals surface area contributed by atoms with Gasteiger partial charge in [0.1, 0.15) is 19.3 Å². The molecule has 99 heavy (non-hydrogen) atoms. The lowest BCUT2D eigenvalue weighted by atomic mass is 10.00. The summed E-state index contributed by atoms with van der Waals surface area (Å²) in [5.41, 5.74) is 0. The number of aliphatic hydroxyl groups is 1. The standard InChI is InChI=1S/C80H156O17P2/c1-9-73(8)59-51-43-38-39-45-53-61-78(83)91-67-76(97-80(85)63-54-46-36-28-24-20-15-13-11-10-12-14-18-22-26-32-40-48-56-70(2)3)69-95-99(88,89)93-65-74(81)64-92-98(86,87)94-68-75(66-90-77(82)60-52-44-35-31-30-34-42-50-58-72(6)7)96-79(84)62-55-47-37-29-25-21-17-16-19-23-27-33-41-49-57-71(4)5/h70-76,81H,9-69H2,1-8H3,(H,86,87)(H,88,89)/t73?,74-,75-,76-/m1/s1. The number of hydrogen-bond donors (Lipinski definition) is 3. The summed E-state index contributed by atoms with van der Waals surface area (Å²) in [5, 5.41) is 10.6. The van der Waals surface area contributed by atoms with E-state index < -0.39 is 97.5 Å². The molecule has 0 aliphatic heterocycles. The molecule has 0 aromatic rings. The van der Waals surface area contributed by atoms with E-state index >= 15 is 0 Å². The predicted molar refractivity (Wildman–Crippen MR) is 404 cm³/mol. The first-order valence-corrected chi connectivity index (χ1v) is 44.2. The first-order valence-electron chi connectivity index (χ1n) is 41.2. The van der Waals surface area contributed by atoms with Crippen LogP contribution in [-0.2, 0) is 65.4 Å². The highest BCUT2D eigenvalue weighted by Gasteiger charge is 2.30. The number of carbonyl (C=O) groups is 4. The lowest BCUT2D eigenvalue weighted by Gasteiger charge is -2.21. The Balaban J connectivity index is 5.19. The summed E-state index contributed by atoms with van der Waals surface area (Å²) in [7, 11) is -9.92. The van der Waals surface area contributed by atoms with Crippen molar-refractivity contribution in [3.8, 4) is 0 Å². The molecule has 3 N–H and O–H groups in total. The summed E-state index contributed by atoms with van der Waals surface area (Å²) in [6.45, 7) is 14.2. The summed E-state index contributed by atoms with van der Waals surface area (Å²) in [5.74, 6) is 0.955. The van der Waals surface area contributed by atoms with Crippen LogP contribution in [0.4, 0.5) is 0 Å². The molecule has 0 aliphatic carbocycles. The zero-order valence-corrected chi connectivity index (χ0v) is 66.9. The Hall–Kier alpha value is -1.94. The summed E-state index contributed by atoms with van der Waals surface area (Å²) in [6.07, 6.45) is 55.7. The molecule has 0 radical (unpaired) electrons. The molecule has 0 heterocycles. The first-order chi connectivity index (χ1) is 47.6. The van der Waals surface area contributed by atoms with Crippen molar-refractivity contribution in [1.29, 1.82) is 0 Å². The van der Waals surface area contributed by atoms with Gasteiger partial charge in [0.15, 0.2) is 12.2 Å². The van der Waals surface area contributed by atoms with Gasteiger partial charge >= 0.3 is 39.5 Å². The smallest absolute Gasteiger partial charge is 0.462 e. The number of esters is 4. The van der Waals surface area contributed by atoms with Crippen LogP contribution in [0.5, 0.6) is 0 Å². The van der Waals surface area contributed by atoms with Crippen LogP contribution in [0, 0.1) is 23.7 Å². The zero-order chi connectivity index (χ0) is 73.1. The Morgan fingerprint density at radius 3 is 0.717 bits per heavy atom. The van der Waals surface area contributed by atoms with Crippen molar-refractivity contribution in [3.63, 3.8) is 0 Å². The summed E-state index contributed by atoms with van der Waals surface area (Å²) in [6, 6.07) is 0. The largest absolute Gasteiger partial charge is 0.472 e. The van der Waals surface area contributed by atoms with Crippen molar-refractivity contribution in [2.45, 2.75) is 427 Å². The zero-order valence-electron chi connectivity index (χ0n) is 65.1. The van der Waals surface area contributed by atoms with E-state index in [2.05, 4.69) is 55.4 Å². The van der Waals surface area contributed by atoms with Gasteiger partial charge < -0.3 is 33.8 Å². The van der Waals surface area contributed by atoms with E-state index in [1.54, 1.807) is 0 Å². The third kappa shape index (κ3) is 72.8. The normalized spacial score (nSPS) is 14.3. The second kappa shape index (κ2) is 69.1. The van der Waals surface area contributed by atoms with Gasteiger partial charge in [0.25, 0.3) is 0 Å². The summed E-state index contributed by atoms with van der Waals surface area (Å²) >= 11 is 0. The third-order valence-corrected chi connectivity index (χ3v) is 20.8. The van der Waals surface area contributed by atoms with Crippen LogP contribution in [0.1, 0.15) is 409 Å². The number of aliphatic hydroxyl groups excluding tert-OH is 1. The van der Waals surface area contributed by atoms with Gasteiger partial charge in [0.2, 0.25) is 0 Å². The lowest BCUT2D eigenvalue weighted by Crippen LogP contribution is -2.30. The average molecular weight is 1450 g/mol. The van der Waals surface area contributed by atoms with Gasteiger partial charge in [-0.15, -0.1) is 0 Å². The van der Waals surface area contributed by atoms with Crippen LogP contribution in [0.2, 0.25) is 0 Å². The van der Waals surface area contributed by atoms with Gasteiger partial charge in [-0.1, -0.05) is 357 Å². The summed E-state index contributed by atoms with van der Waals surface area (Å²) < 4.78 is 68.6. The van der Waals surface area contributed by atoms with Crippen LogP contribution in [0.3, 0.4) is 0 Å². The second-order valence-electron chi connectivity index (χ2n) is 30.5. The van der Waals surface area contributed by atoms with E-state index in [0.717, 1.165) is 120 Å². The molecule has 0 aliphatic rings. The number of hydrogen-bond acceptors (Lipinski definition) is 15. The molecule has 0 amide bonds. The van der Waals surface area contributed by atoms with Crippen LogP contribution in [-0.4, -0.2) is 96.7 Å². The minimum atomic E-state index is -4.96. The van der Waals surface area contributed by atoms with Gasteiger partial charge in [0, 0.05) is 25.7 Å². The number of rotatable bonds is 77. The van der Waals surface area contributed by atoms with E-state index in [0.29, 0.717) is 25.7 Å². The Labute approximate surface area is 607 Å². The van der Waals surface area contributed by atoms with Crippen molar-refractivity contribution in [2.24, 2.45) is 23.7 Å². The minimum Gasteiger partial charge on any atom is -0.462 e. The fourth-order valence-electron chi connectivity index (χ4n) is 12.2. The number of unbranched alkanes of at least 4 members (excludes halogenated alkanes) is 42. The highest BCUT2D eigenvalue weighted by molar-refractivity contribution is 7.47. The van der Waals surface area contributed by atoms with Crippen LogP contribution < -0.4 is 0 Å². The highest BCUT2D eigenvalue weighted by Crippen LogP contribution is 2.45. The number of ether oxygens (including phenoxy) is 4. The van der Waals surface area contributed by atoms with Crippen molar-refractivity contribution < 1.29 is 80.2 Å². The van der Waals surface area contributed by atoms with E-state index in [4.69, 9.17) is 37.0 Å². The lowest BCUT2D eigenvalue weighted by molar-refractivity contribution is -0.161. The third-order valence-electron chi connectivity index (χ3n) is 18.9. The summed E-state index contributed by atoms with van der Waals surface area (Å²) in [4.78, 5) is 72.9. The molecule has 588 valence electrons. The molecule has 0 bridgehead atoms. The quantitative estimate of drug-likeness (QED) is 0.0222. The Bertz CT molecular complexity index is 1940. The van der Waals surface area contributed by atoms with Gasteiger partial charge in [-0.3, -0.25) is 37.3 Å². The Morgan fingerprint density at radius 2 is 0.485 bits per heavy atom. The topological polar surface area (TPSA) is 237 Å². The monoisotopic (exact) mass is 1450 g/mol. The maximum absolute atomic E-state index is 13.1. The molecule has 3 unspecified atom stereocenters. The molecule has 0 saturated carbocycles. The van der Waals surface area contributed by atoms with Crippen LogP contribution in [0.15, 0.2) is 0 Å². The molecular formula is C80H156O17P2.